The Hall–Kier alpha value is -1.92. The van der Waals surface area contributed by atoms with E-state index < -0.39 is 12.1 Å². The molecule has 1 fully saturated rings. The molecule has 2 atom stereocenters. The third kappa shape index (κ3) is 3.59. The quantitative estimate of drug-likeness (QED) is 0.795. The molecule has 1 aliphatic rings. The molecule has 2 unspecified atom stereocenters. The van der Waals surface area contributed by atoms with E-state index in [2.05, 4.69) is 5.32 Å². The standard InChI is InChI=1S/C15H20N2O4/c1-17-12(18)10-21-14(15(19)16-8-9-20-2)13(17)11-6-4-3-5-7-11/h3-7,13-14H,8-10H2,1-2H3,(H,16,19). The summed E-state index contributed by atoms with van der Waals surface area (Å²) in [5.41, 5.74) is 0.875. The van der Waals surface area contributed by atoms with Crippen LogP contribution < -0.4 is 5.32 Å². The monoisotopic (exact) mass is 292 g/mol. The molecule has 21 heavy (non-hydrogen) atoms. The van der Waals surface area contributed by atoms with Gasteiger partial charge in [-0.25, -0.2) is 0 Å². The van der Waals surface area contributed by atoms with E-state index in [0.717, 1.165) is 5.56 Å². The number of carbonyl (C=O) groups is 2. The summed E-state index contributed by atoms with van der Waals surface area (Å²) in [5, 5.41) is 2.76. The van der Waals surface area contributed by atoms with Crippen molar-refractivity contribution in [2.75, 3.05) is 33.9 Å². The first-order chi connectivity index (χ1) is 10.1. The molecule has 1 saturated heterocycles. The van der Waals surface area contributed by atoms with Crippen LogP contribution in [-0.4, -0.2) is 56.7 Å². The minimum Gasteiger partial charge on any atom is -0.383 e. The highest BCUT2D eigenvalue weighted by molar-refractivity contribution is 5.86. The van der Waals surface area contributed by atoms with Crippen molar-refractivity contribution in [1.82, 2.24) is 10.2 Å². The molecule has 114 valence electrons. The average Bonchev–Trinajstić information content (AvgIpc) is 2.50. The molecule has 0 aliphatic carbocycles. The van der Waals surface area contributed by atoms with Crippen molar-refractivity contribution in [3.8, 4) is 0 Å². The highest BCUT2D eigenvalue weighted by Crippen LogP contribution is 2.28. The van der Waals surface area contributed by atoms with Crippen LogP contribution in [0.5, 0.6) is 0 Å². The summed E-state index contributed by atoms with van der Waals surface area (Å²) >= 11 is 0. The lowest BCUT2D eigenvalue weighted by Gasteiger charge is -2.38. The third-order valence-electron chi connectivity index (χ3n) is 3.49. The van der Waals surface area contributed by atoms with Crippen molar-refractivity contribution in [3.63, 3.8) is 0 Å². The van der Waals surface area contributed by atoms with Gasteiger partial charge in [0, 0.05) is 20.7 Å². The Balaban J connectivity index is 2.17. The van der Waals surface area contributed by atoms with Crippen molar-refractivity contribution in [2.45, 2.75) is 12.1 Å². The molecular formula is C15H20N2O4. The molecule has 1 heterocycles. The molecule has 2 rings (SSSR count). The molecule has 2 amide bonds. The molecule has 0 radical (unpaired) electrons. The van der Waals surface area contributed by atoms with Gasteiger partial charge in [-0.1, -0.05) is 30.3 Å². The van der Waals surface area contributed by atoms with Crippen molar-refractivity contribution in [3.05, 3.63) is 35.9 Å². The topological polar surface area (TPSA) is 67.9 Å². The molecular weight excluding hydrogens is 272 g/mol. The van der Waals surface area contributed by atoms with Crippen LogP contribution >= 0.6 is 0 Å². The van der Waals surface area contributed by atoms with Crippen LogP contribution in [0, 0.1) is 0 Å². The maximum atomic E-state index is 12.3. The molecule has 0 spiro atoms. The van der Waals surface area contributed by atoms with Gasteiger partial charge in [0.1, 0.15) is 6.61 Å². The van der Waals surface area contributed by atoms with Gasteiger partial charge in [0.25, 0.3) is 5.91 Å². The first-order valence-electron chi connectivity index (χ1n) is 6.84. The second-order valence-electron chi connectivity index (χ2n) is 4.88. The summed E-state index contributed by atoms with van der Waals surface area (Å²) in [6, 6.07) is 9.00. The third-order valence-corrected chi connectivity index (χ3v) is 3.49. The van der Waals surface area contributed by atoms with Gasteiger partial charge in [-0.05, 0) is 5.56 Å². The fourth-order valence-corrected chi connectivity index (χ4v) is 2.36. The molecule has 0 bridgehead atoms. The first kappa shape index (κ1) is 15.5. The number of benzene rings is 1. The number of hydrogen-bond donors (Lipinski definition) is 1. The van der Waals surface area contributed by atoms with Gasteiger partial charge >= 0.3 is 0 Å². The van der Waals surface area contributed by atoms with Crippen molar-refractivity contribution >= 4 is 11.8 Å². The summed E-state index contributed by atoms with van der Waals surface area (Å²) in [7, 11) is 3.26. The molecule has 6 heteroatoms. The Morgan fingerprint density at radius 2 is 2.14 bits per heavy atom. The van der Waals surface area contributed by atoms with E-state index >= 15 is 0 Å². The van der Waals surface area contributed by atoms with E-state index in [4.69, 9.17) is 9.47 Å². The number of morpholine rings is 1. The Morgan fingerprint density at radius 3 is 2.81 bits per heavy atom. The van der Waals surface area contributed by atoms with Crippen LogP contribution in [-0.2, 0) is 19.1 Å². The van der Waals surface area contributed by atoms with Crippen LogP contribution in [0.4, 0.5) is 0 Å². The van der Waals surface area contributed by atoms with Gasteiger partial charge in [-0.15, -0.1) is 0 Å². The molecule has 0 saturated carbocycles. The number of nitrogens with zero attached hydrogens (tertiary/aromatic N) is 1. The molecule has 1 N–H and O–H groups in total. The van der Waals surface area contributed by atoms with Gasteiger partial charge in [-0.2, -0.15) is 0 Å². The van der Waals surface area contributed by atoms with E-state index in [1.165, 1.54) is 0 Å². The Labute approximate surface area is 124 Å². The van der Waals surface area contributed by atoms with Gasteiger partial charge in [0.2, 0.25) is 5.91 Å². The Morgan fingerprint density at radius 1 is 1.43 bits per heavy atom. The van der Waals surface area contributed by atoms with Gasteiger partial charge in [0.15, 0.2) is 6.10 Å². The van der Waals surface area contributed by atoms with E-state index in [0.29, 0.717) is 13.2 Å². The predicted octanol–water partition coefficient (Wildman–Crippen LogP) is 0.348. The van der Waals surface area contributed by atoms with Crippen molar-refractivity contribution in [1.29, 1.82) is 0 Å². The van der Waals surface area contributed by atoms with Crippen molar-refractivity contribution in [2.24, 2.45) is 0 Å². The second-order valence-corrected chi connectivity index (χ2v) is 4.88. The fourth-order valence-electron chi connectivity index (χ4n) is 2.36. The summed E-state index contributed by atoms with van der Waals surface area (Å²) in [6.07, 6.45) is -0.716. The normalized spacial score (nSPS) is 22.2. The minimum atomic E-state index is -0.716. The zero-order valence-corrected chi connectivity index (χ0v) is 12.2. The number of nitrogens with one attached hydrogen (secondary N) is 1. The Bertz CT molecular complexity index is 492. The zero-order valence-electron chi connectivity index (χ0n) is 12.2. The molecule has 6 nitrogen and oxygen atoms in total. The maximum absolute atomic E-state index is 12.3. The highest BCUT2D eigenvalue weighted by atomic mass is 16.5. The molecule has 1 aromatic carbocycles. The van der Waals surface area contributed by atoms with E-state index in [-0.39, 0.29) is 18.4 Å². The van der Waals surface area contributed by atoms with Crippen LogP contribution in [0.25, 0.3) is 0 Å². The average molecular weight is 292 g/mol. The van der Waals surface area contributed by atoms with Crippen molar-refractivity contribution < 1.29 is 19.1 Å². The summed E-state index contributed by atoms with van der Waals surface area (Å²) in [6.45, 7) is 0.764. The van der Waals surface area contributed by atoms with Crippen LogP contribution in [0.2, 0.25) is 0 Å². The molecule has 1 aromatic rings. The van der Waals surface area contributed by atoms with E-state index in [1.807, 2.05) is 30.3 Å². The lowest BCUT2D eigenvalue weighted by molar-refractivity contribution is -0.162. The van der Waals surface area contributed by atoms with Crippen LogP contribution in [0.1, 0.15) is 11.6 Å². The number of ether oxygens (including phenoxy) is 2. The molecule has 0 aromatic heterocycles. The van der Waals surface area contributed by atoms with Crippen LogP contribution in [0.15, 0.2) is 30.3 Å². The van der Waals surface area contributed by atoms with E-state index in [9.17, 15) is 9.59 Å². The SMILES string of the molecule is COCCNC(=O)C1OCC(=O)N(C)C1c1ccccc1. The van der Waals surface area contributed by atoms with Gasteiger partial charge in [0.05, 0.1) is 12.6 Å². The summed E-state index contributed by atoms with van der Waals surface area (Å²) in [4.78, 5) is 25.7. The first-order valence-corrected chi connectivity index (χ1v) is 6.84. The number of carbonyl (C=O) groups excluding carboxylic acids is 2. The highest BCUT2D eigenvalue weighted by Gasteiger charge is 2.39. The fraction of sp³-hybridized carbons (Fsp3) is 0.467. The number of rotatable bonds is 5. The largest absolute Gasteiger partial charge is 0.383 e. The smallest absolute Gasteiger partial charge is 0.251 e. The summed E-state index contributed by atoms with van der Waals surface area (Å²) in [5.74, 6) is -0.370. The van der Waals surface area contributed by atoms with Gasteiger partial charge in [-0.3, -0.25) is 9.59 Å². The number of amides is 2. The van der Waals surface area contributed by atoms with E-state index in [1.54, 1.807) is 19.1 Å². The second kappa shape index (κ2) is 7.19. The molecule has 1 aliphatic heterocycles. The zero-order chi connectivity index (χ0) is 15.2. The Kier molecular flexibility index (Phi) is 5.30. The van der Waals surface area contributed by atoms with Gasteiger partial charge < -0.3 is 19.7 Å². The number of likely N-dealkylation sites (N-methyl/N-ethyl adjacent to an activating group) is 1. The van der Waals surface area contributed by atoms with Crippen LogP contribution in [0.3, 0.4) is 0 Å². The lowest BCUT2D eigenvalue weighted by atomic mass is 9.97. The maximum Gasteiger partial charge on any atom is 0.251 e. The lowest BCUT2D eigenvalue weighted by Crippen LogP contribution is -2.53. The summed E-state index contributed by atoms with van der Waals surface area (Å²) < 4.78 is 10.4. The predicted molar refractivity (Wildman–Crippen MR) is 76.6 cm³/mol. The number of methoxy groups -OCH3 is 1. The minimum absolute atomic E-state index is 0.0812. The number of hydrogen-bond acceptors (Lipinski definition) is 4.